The second kappa shape index (κ2) is 5.17. The maximum Gasteiger partial charge on any atom is 0.416 e. The molecule has 0 amide bonds. The van der Waals surface area contributed by atoms with Crippen LogP contribution < -0.4 is 5.73 Å². The topological polar surface area (TPSA) is 62.0 Å². The number of nitrogens with one attached hydrogen (secondary N) is 1. The first-order valence-electron chi connectivity index (χ1n) is 4.97. The van der Waals surface area contributed by atoms with Crippen LogP contribution in [0.5, 0.6) is 0 Å². The number of H-pyrrole nitrogens is 1. The number of nitrogens with two attached hydrogens (primary N) is 1. The Balaban J connectivity index is 0.00000162. The molecule has 1 heterocycles. The summed E-state index contributed by atoms with van der Waals surface area (Å²) in [5.74, 6) is 0. The summed E-state index contributed by atoms with van der Waals surface area (Å²) < 4.78 is 36.9. The van der Waals surface area contributed by atoms with Gasteiger partial charge in [0.25, 0.3) is 0 Å². The van der Waals surface area contributed by atoms with Gasteiger partial charge < -0.3 is 15.8 Å². The zero-order valence-corrected chi connectivity index (χ0v) is 9.92. The molecule has 4 N–H and O–H groups in total. The Kier molecular flexibility index (Phi) is 4.26. The number of aliphatic hydroxyl groups excluding tert-OH is 1. The molecular weight excluding hydrogens is 269 g/mol. The molecule has 1 aromatic heterocycles. The molecule has 0 spiro atoms. The van der Waals surface area contributed by atoms with Crippen molar-refractivity contribution in [3.05, 3.63) is 36.0 Å². The normalized spacial score (nSPS) is 15.2. The van der Waals surface area contributed by atoms with E-state index in [4.69, 9.17) is 10.8 Å². The van der Waals surface area contributed by atoms with Gasteiger partial charge in [-0.05, 0) is 23.1 Å². The van der Waals surface area contributed by atoms with Gasteiger partial charge in [-0.3, -0.25) is 0 Å². The molecule has 3 nitrogen and oxygen atoms in total. The molecule has 0 aliphatic carbocycles. The van der Waals surface area contributed by atoms with Gasteiger partial charge in [0.1, 0.15) is 0 Å². The van der Waals surface area contributed by atoms with Crippen molar-refractivity contribution in [2.75, 3.05) is 0 Å². The maximum absolute atomic E-state index is 12.3. The molecule has 0 bridgehead atoms. The summed E-state index contributed by atoms with van der Waals surface area (Å²) >= 11 is 0. The summed E-state index contributed by atoms with van der Waals surface area (Å²) in [6, 6.07) is 4.96. The van der Waals surface area contributed by atoms with Gasteiger partial charge in [-0.15, -0.1) is 12.4 Å². The molecule has 7 heteroatoms. The van der Waals surface area contributed by atoms with Gasteiger partial charge in [0.2, 0.25) is 0 Å². The van der Waals surface area contributed by atoms with Crippen LogP contribution >= 0.6 is 12.4 Å². The highest BCUT2D eigenvalue weighted by Crippen LogP contribution is 2.29. The van der Waals surface area contributed by atoms with Crippen molar-refractivity contribution < 1.29 is 18.3 Å². The number of fused-ring (bicyclic) bond motifs is 1. The van der Waals surface area contributed by atoms with Gasteiger partial charge in [0.15, 0.2) is 6.10 Å². The van der Waals surface area contributed by atoms with Crippen LogP contribution in [0.3, 0.4) is 0 Å². The smallest absolute Gasteiger partial charge is 0.382 e. The first-order valence-corrected chi connectivity index (χ1v) is 4.97. The molecule has 0 saturated carbocycles. The molecule has 0 saturated heterocycles. The Labute approximate surface area is 107 Å². The van der Waals surface area contributed by atoms with E-state index in [-0.39, 0.29) is 18.0 Å². The van der Waals surface area contributed by atoms with Gasteiger partial charge in [0.05, 0.1) is 6.04 Å². The second-order valence-corrected chi connectivity index (χ2v) is 3.84. The average Bonchev–Trinajstić information content (AvgIpc) is 2.72. The highest BCUT2D eigenvalue weighted by atomic mass is 35.5. The number of alkyl halides is 3. The Morgan fingerprint density at radius 2 is 1.89 bits per heavy atom. The molecule has 0 fully saturated rings. The molecular formula is C11H12ClF3N2O. The molecule has 100 valence electrons. The molecule has 1 aromatic carbocycles. The first kappa shape index (κ1) is 14.8. The van der Waals surface area contributed by atoms with Crippen molar-refractivity contribution in [1.82, 2.24) is 4.98 Å². The highest BCUT2D eigenvalue weighted by molar-refractivity contribution is 5.85. The van der Waals surface area contributed by atoms with E-state index in [0.717, 1.165) is 5.39 Å². The van der Waals surface area contributed by atoms with Gasteiger partial charge >= 0.3 is 6.18 Å². The summed E-state index contributed by atoms with van der Waals surface area (Å²) in [5.41, 5.74) is 6.33. The van der Waals surface area contributed by atoms with Crippen LogP contribution in [0.4, 0.5) is 13.2 Å². The second-order valence-electron chi connectivity index (χ2n) is 3.84. The standard InChI is InChI=1S/C11H11F3N2O.ClH/c12-11(13,14)10(17)9(15)7-2-1-6-3-4-16-8(6)5-7;/h1-5,9-10,16-17H,15H2;1H/t9-,10-;/m0./s1. The van der Waals surface area contributed by atoms with E-state index in [9.17, 15) is 13.2 Å². The minimum absolute atomic E-state index is 0. The van der Waals surface area contributed by atoms with E-state index in [1.54, 1.807) is 18.3 Å². The molecule has 2 atom stereocenters. The quantitative estimate of drug-likeness (QED) is 0.791. The predicted octanol–water partition coefficient (Wildman–Crippen LogP) is 2.51. The molecule has 18 heavy (non-hydrogen) atoms. The van der Waals surface area contributed by atoms with Crippen molar-refractivity contribution in [2.24, 2.45) is 5.73 Å². The van der Waals surface area contributed by atoms with Crippen LogP contribution in [0.15, 0.2) is 30.5 Å². The summed E-state index contributed by atoms with van der Waals surface area (Å²) in [6.45, 7) is 0. The van der Waals surface area contributed by atoms with Crippen molar-refractivity contribution in [1.29, 1.82) is 0 Å². The van der Waals surface area contributed by atoms with Crippen molar-refractivity contribution in [2.45, 2.75) is 18.3 Å². The van der Waals surface area contributed by atoms with Gasteiger partial charge in [-0.1, -0.05) is 12.1 Å². The van der Waals surface area contributed by atoms with Gasteiger partial charge in [-0.2, -0.15) is 13.2 Å². The van der Waals surface area contributed by atoms with E-state index >= 15 is 0 Å². The number of aromatic amines is 1. The average molecular weight is 281 g/mol. The summed E-state index contributed by atoms with van der Waals surface area (Å²) in [6.07, 6.45) is -5.60. The molecule has 2 rings (SSSR count). The van der Waals surface area contributed by atoms with Crippen molar-refractivity contribution >= 4 is 23.3 Å². The fourth-order valence-electron chi connectivity index (χ4n) is 1.66. The van der Waals surface area contributed by atoms with E-state index in [1.165, 1.54) is 12.1 Å². The third kappa shape index (κ3) is 2.77. The van der Waals surface area contributed by atoms with Crippen LogP contribution in [-0.4, -0.2) is 22.4 Å². The zero-order valence-electron chi connectivity index (χ0n) is 9.11. The summed E-state index contributed by atoms with van der Waals surface area (Å²) in [7, 11) is 0. The molecule has 2 aromatic rings. The third-order valence-corrected chi connectivity index (χ3v) is 2.64. The number of aromatic nitrogens is 1. The minimum atomic E-state index is -4.72. The fraction of sp³-hybridized carbons (Fsp3) is 0.273. The Morgan fingerprint density at radius 3 is 2.50 bits per heavy atom. The predicted molar refractivity (Wildman–Crippen MR) is 64.5 cm³/mol. The third-order valence-electron chi connectivity index (χ3n) is 2.64. The fourth-order valence-corrected chi connectivity index (χ4v) is 1.66. The number of aliphatic hydroxyl groups is 1. The van der Waals surface area contributed by atoms with Crippen LogP contribution in [0, 0.1) is 0 Å². The van der Waals surface area contributed by atoms with Crippen LogP contribution in [0.2, 0.25) is 0 Å². The summed E-state index contributed by atoms with van der Waals surface area (Å²) in [4.78, 5) is 2.87. The largest absolute Gasteiger partial charge is 0.416 e. The van der Waals surface area contributed by atoms with E-state index < -0.39 is 18.3 Å². The Bertz CT molecular complexity index is 526. The number of hydrogen-bond donors (Lipinski definition) is 3. The molecule has 0 radical (unpaired) electrons. The zero-order chi connectivity index (χ0) is 12.6. The SMILES string of the molecule is Cl.N[C@@H](c1ccc2cc[nH]c2c1)[C@H](O)C(F)(F)F. The number of hydrogen-bond acceptors (Lipinski definition) is 2. The molecule has 0 unspecified atom stereocenters. The maximum atomic E-state index is 12.3. The number of benzene rings is 1. The Hall–Kier alpha value is -1.24. The first-order chi connectivity index (χ1) is 7.89. The molecule has 0 aliphatic rings. The monoisotopic (exact) mass is 280 g/mol. The van der Waals surface area contributed by atoms with Crippen LogP contribution in [0.25, 0.3) is 10.9 Å². The highest BCUT2D eigenvalue weighted by Gasteiger charge is 2.42. The lowest BCUT2D eigenvalue weighted by Crippen LogP contribution is -2.38. The van der Waals surface area contributed by atoms with Gasteiger partial charge in [0, 0.05) is 11.7 Å². The Morgan fingerprint density at radius 1 is 1.22 bits per heavy atom. The number of halogens is 4. The van der Waals surface area contributed by atoms with Crippen molar-refractivity contribution in [3.63, 3.8) is 0 Å². The van der Waals surface area contributed by atoms with Crippen LogP contribution in [0.1, 0.15) is 11.6 Å². The van der Waals surface area contributed by atoms with Crippen LogP contribution in [-0.2, 0) is 0 Å². The minimum Gasteiger partial charge on any atom is -0.382 e. The lowest BCUT2D eigenvalue weighted by atomic mass is 10.0. The number of rotatable bonds is 2. The van der Waals surface area contributed by atoms with E-state index in [2.05, 4.69) is 4.98 Å². The summed E-state index contributed by atoms with van der Waals surface area (Å²) in [5, 5.41) is 9.95. The lowest BCUT2D eigenvalue weighted by Gasteiger charge is -2.21. The van der Waals surface area contributed by atoms with Gasteiger partial charge in [-0.25, -0.2) is 0 Å². The van der Waals surface area contributed by atoms with Crippen molar-refractivity contribution in [3.8, 4) is 0 Å². The lowest BCUT2D eigenvalue weighted by molar-refractivity contribution is -0.210. The van der Waals surface area contributed by atoms with E-state index in [0.29, 0.717) is 5.52 Å². The van der Waals surface area contributed by atoms with E-state index in [1.807, 2.05) is 0 Å². The molecule has 0 aliphatic heterocycles.